The highest BCUT2D eigenvalue weighted by molar-refractivity contribution is 7.07. The monoisotopic (exact) mass is 379 g/mol. The summed E-state index contributed by atoms with van der Waals surface area (Å²) in [5.74, 6) is 1.65. The van der Waals surface area contributed by atoms with E-state index in [9.17, 15) is 9.59 Å². The smallest absolute Gasteiger partial charge is 0.307 e. The summed E-state index contributed by atoms with van der Waals surface area (Å²) >= 11 is 1.16. The normalized spacial score (nSPS) is 16.5. The van der Waals surface area contributed by atoms with Gasteiger partial charge in [0.15, 0.2) is 0 Å². The van der Waals surface area contributed by atoms with Gasteiger partial charge >= 0.3 is 4.87 Å². The molecule has 142 valence electrons. The molecule has 0 aliphatic carbocycles. The number of amides is 1. The number of rotatable bonds is 7. The van der Waals surface area contributed by atoms with E-state index < -0.39 is 0 Å². The van der Waals surface area contributed by atoms with Crippen molar-refractivity contribution in [1.29, 1.82) is 0 Å². The van der Waals surface area contributed by atoms with E-state index in [1.807, 2.05) is 31.4 Å². The van der Waals surface area contributed by atoms with Gasteiger partial charge in [-0.3, -0.25) is 14.5 Å². The van der Waals surface area contributed by atoms with Crippen LogP contribution < -0.4 is 10.2 Å². The number of ether oxygens (including phenoxy) is 1. The van der Waals surface area contributed by atoms with Crippen LogP contribution in [-0.4, -0.2) is 48.2 Å². The van der Waals surface area contributed by atoms with Crippen LogP contribution in [0.4, 0.5) is 0 Å². The van der Waals surface area contributed by atoms with E-state index in [0.29, 0.717) is 26.3 Å². The largest absolute Gasteiger partial charge is 0.465 e. The van der Waals surface area contributed by atoms with Crippen LogP contribution in [0.3, 0.4) is 0 Å². The number of nitrogens with one attached hydrogen (secondary N) is 1. The highest BCUT2D eigenvalue weighted by Gasteiger charge is 2.25. The van der Waals surface area contributed by atoms with Crippen LogP contribution in [0.25, 0.3) is 0 Å². The minimum Gasteiger partial charge on any atom is -0.465 e. The number of hydrogen-bond donors (Lipinski definition) is 1. The van der Waals surface area contributed by atoms with Crippen LogP contribution in [0.2, 0.25) is 0 Å². The van der Waals surface area contributed by atoms with E-state index in [2.05, 4.69) is 10.2 Å². The lowest BCUT2D eigenvalue weighted by atomic mass is 10.1. The molecule has 1 aliphatic rings. The molecule has 0 spiro atoms. The minimum absolute atomic E-state index is 0.0119. The molecule has 26 heavy (non-hydrogen) atoms. The topological polar surface area (TPSA) is 76.7 Å². The Kier molecular flexibility index (Phi) is 6.29. The number of aromatic nitrogens is 1. The van der Waals surface area contributed by atoms with Crippen molar-refractivity contribution in [3.05, 3.63) is 44.4 Å². The maximum atomic E-state index is 12.3. The van der Waals surface area contributed by atoms with Crippen molar-refractivity contribution in [2.75, 3.05) is 32.8 Å². The Morgan fingerprint density at radius 1 is 1.31 bits per heavy atom. The summed E-state index contributed by atoms with van der Waals surface area (Å²) in [6.45, 7) is 7.66. The van der Waals surface area contributed by atoms with Crippen LogP contribution in [0.1, 0.15) is 29.7 Å². The number of furan rings is 1. The molecule has 0 bridgehead atoms. The lowest BCUT2D eigenvalue weighted by Crippen LogP contribution is -2.43. The number of hydrogen-bond acceptors (Lipinski definition) is 6. The Bertz CT molecular complexity index is 788. The van der Waals surface area contributed by atoms with Crippen molar-refractivity contribution in [2.24, 2.45) is 0 Å². The first-order valence-corrected chi connectivity index (χ1v) is 9.72. The fraction of sp³-hybridized carbons (Fsp3) is 0.556. The number of nitrogens with zero attached hydrogens (tertiary/aromatic N) is 2. The van der Waals surface area contributed by atoms with Crippen molar-refractivity contribution >= 4 is 17.2 Å². The second kappa shape index (κ2) is 8.66. The average Bonchev–Trinajstić information content (AvgIpc) is 3.20. The number of thiazole rings is 1. The Morgan fingerprint density at radius 2 is 2.08 bits per heavy atom. The molecule has 0 saturated carbocycles. The molecule has 7 nitrogen and oxygen atoms in total. The third-order valence-corrected chi connectivity index (χ3v) is 5.49. The van der Waals surface area contributed by atoms with Gasteiger partial charge in [-0.1, -0.05) is 11.3 Å². The molecule has 1 saturated heterocycles. The Balaban J connectivity index is 1.58. The lowest BCUT2D eigenvalue weighted by Gasteiger charge is -2.33. The number of aryl methyl sites for hydroxylation is 2. The quantitative estimate of drug-likeness (QED) is 0.792. The van der Waals surface area contributed by atoms with Crippen LogP contribution in [0.15, 0.2) is 26.7 Å². The molecule has 8 heteroatoms. The molecule has 3 rings (SSSR count). The van der Waals surface area contributed by atoms with E-state index in [4.69, 9.17) is 9.15 Å². The van der Waals surface area contributed by atoms with Gasteiger partial charge in [-0.15, -0.1) is 0 Å². The van der Waals surface area contributed by atoms with Gasteiger partial charge in [0.25, 0.3) is 0 Å². The average molecular weight is 379 g/mol. The molecular formula is C18H25N3O4S. The molecule has 1 N–H and O–H groups in total. The zero-order chi connectivity index (χ0) is 18.5. The molecule has 2 aromatic heterocycles. The van der Waals surface area contributed by atoms with Gasteiger partial charge in [-0.25, -0.2) is 0 Å². The SMILES string of the molecule is Cc1ccc(C(CNC(=O)CCn2c(C)csc2=O)N2CCOCC2)o1. The highest BCUT2D eigenvalue weighted by atomic mass is 32.1. The Labute approximate surface area is 156 Å². The first-order chi connectivity index (χ1) is 12.5. The molecular weight excluding hydrogens is 354 g/mol. The summed E-state index contributed by atoms with van der Waals surface area (Å²) in [7, 11) is 0. The summed E-state index contributed by atoms with van der Waals surface area (Å²) in [5, 5.41) is 4.81. The summed E-state index contributed by atoms with van der Waals surface area (Å²) < 4.78 is 12.9. The molecule has 0 aromatic carbocycles. The Morgan fingerprint density at radius 3 is 2.69 bits per heavy atom. The summed E-state index contributed by atoms with van der Waals surface area (Å²) in [4.78, 5) is 26.3. The van der Waals surface area contributed by atoms with Gasteiger partial charge in [0.1, 0.15) is 11.5 Å². The zero-order valence-electron chi connectivity index (χ0n) is 15.2. The molecule has 1 unspecified atom stereocenters. The number of carbonyl (C=O) groups excluding carboxylic acids is 1. The van der Waals surface area contributed by atoms with Crippen molar-refractivity contribution in [3.63, 3.8) is 0 Å². The predicted octanol–water partition coefficient (Wildman–Crippen LogP) is 1.70. The number of carbonyl (C=O) groups is 1. The van der Waals surface area contributed by atoms with E-state index in [0.717, 1.165) is 41.6 Å². The third-order valence-electron chi connectivity index (χ3n) is 4.61. The first kappa shape index (κ1) is 18.9. The Hall–Kier alpha value is -1.90. The second-order valence-corrected chi connectivity index (χ2v) is 7.28. The maximum Gasteiger partial charge on any atom is 0.307 e. The maximum absolute atomic E-state index is 12.3. The zero-order valence-corrected chi connectivity index (χ0v) is 16.0. The molecule has 3 heterocycles. The van der Waals surface area contributed by atoms with E-state index in [-0.39, 0.29) is 23.2 Å². The first-order valence-electron chi connectivity index (χ1n) is 8.84. The summed E-state index contributed by atoms with van der Waals surface area (Å²) in [5.41, 5.74) is 0.894. The molecule has 2 aromatic rings. The molecule has 1 aliphatic heterocycles. The van der Waals surface area contributed by atoms with E-state index >= 15 is 0 Å². The summed E-state index contributed by atoms with van der Waals surface area (Å²) in [6.07, 6.45) is 0.282. The molecule has 1 amide bonds. The van der Waals surface area contributed by atoms with Crippen molar-refractivity contribution in [2.45, 2.75) is 32.9 Å². The molecule has 1 fully saturated rings. The predicted molar refractivity (Wildman–Crippen MR) is 99.5 cm³/mol. The van der Waals surface area contributed by atoms with Crippen LogP contribution >= 0.6 is 11.3 Å². The van der Waals surface area contributed by atoms with Gasteiger partial charge in [-0.2, -0.15) is 0 Å². The van der Waals surface area contributed by atoms with Gasteiger partial charge in [0, 0.05) is 43.7 Å². The van der Waals surface area contributed by atoms with Gasteiger partial charge in [0.05, 0.1) is 19.3 Å². The third kappa shape index (κ3) is 4.63. The lowest BCUT2D eigenvalue weighted by molar-refractivity contribution is -0.121. The molecule has 0 radical (unpaired) electrons. The van der Waals surface area contributed by atoms with Crippen molar-refractivity contribution in [3.8, 4) is 0 Å². The van der Waals surface area contributed by atoms with Crippen LogP contribution in [0.5, 0.6) is 0 Å². The number of morpholine rings is 1. The minimum atomic E-state index is -0.0657. The van der Waals surface area contributed by atoms with Gasteiger partial charge in [-0.05, 0) is 26.0 Å². The highest BCUT2D eigenvalue weighted by Crippen LogP contribution is 2.23. The van der Waals surface area contributed by atoms with Crippen molar-refractivity contribution < 1.29 is 13.9 Å². The van der Waals surface area contributed by atoms with E-state index in [1.54, 1.807) is 4.57 Å². The van der Waals surface area contributed by atoms with Gasteiger partial charge in [0.2, 0.25) is 5.91 Å². The van der Waals surface area contributed by atoms with E-state index in [1.165, 1.54) is 0 Å². The van der Waals surface area contributed by atoms with Crippen molar-refractivity contribution in [1.82, 2.24) is 14.8 Å². The fourth-order valence-electron chi connectivity index (χ4n) is 3.12. The second-order valence-electron chi connectivity index (χ2n) is 6.46. The van der Waals surface area contributed by atoms with Crippen LogP contribution in [-0.2, 0) is 16.1 Å². The standard InChI is InChI=1S/C18H25N3O4S/c1-13-12-26-18(23)21(13)6-5-17(22)19-11-15(16-4-3-14(2)25-16)20-7-9-24-10-8-20/h3-4,12,15H,5-11H2,1-2H3,(H,19,22). The summed E-state index contributed by atoms with van der Waals surface area (Å²) in [6, 6.07) is 3.90. The fourth-order valence-corrected chi connectivity index (χ4v) is 3.88. The van der Waals surface area contributed by atoms with Gasteiger partial charge < -0.3 is 19.0 Å². The van der Waals surface area contributed by atoms with Crippen LogP contribution in [0, 0.1) is 13.8 Å². The molecule has 1 atom stereocenters.